The number of fused-ring (bicyclic) bond motifs is 2. The van der Waals surface area contributed by atoms with E-state index >= 15 is 0 Å². The third-order valence-corrected chi connectivity index (χ3v) is 6.56. The molecule has 4 rings (SSSR count). The van der Waals surface area contributed by atoms with Gasteiger partial charge in [0.05, 0.1) is 12.6 Å². The fourth-order valence-corrected chi connectivity index (χ4v) is 5.06. The number of benzene rings is 1. The van der Waals surface area contributed by atoms with Gasteiger partial charge in [0.2, 0.25) is 0 Å². The van der Waals surface area contributed by atoms with Gasteiger partial charge < -0.3 is 19.1 Å². The minimum Gasteiger partial charge on any atom is -0.497 e. The maximum Gasteiger partial charge on any atom is 0.270 e. The summed E-state index contributed by atoms with van der Waals surface area (Å²) < 4.78 is 7.32. The van der Waals surface area contributed by atoms with Crippen LogP contribution in [-0.2, 0) is 7.05 Å². The van der Waals surface area contributed by atoms with Gasteiger partial charge in [-0.2, -0.15) is 0 Å². The quantitative estimate of drug-likeness (QED) is 0.827. The Kier molecular flexibility index (Phi) is 5.13. The van der Waals surface area contributed by atoms with E-state index in [1.807, 2.05) is 47.8 Å². The molecule has 2 saturated heterocycles. The molecule has 1 aromatic heterocycles. The summed E-state index contributed by atoms with van der Waals surface area (Å²) in [6.45, 7) is 3.33. The predicted octanol–water partition coefficient (Wildman–Crippen LogP) is 3.52. The third-order valence-electron chi connectivity index (χ3n) is 6.56. The van der Waals surface area contributed by atoms with Crippen molar-refractivity contribution in [3.8, 4) is 5.75 Å². The lowest BCUT2D eigenvalue weighted by atomic mass is 9.83. The predicted molar refractivity (Wildman–Crippen MR) is 108 cm³/mol. The first-order valence-corrected chi connectivity index (χ1v) is 10.2. The summed E-state index contributed by atoms with van der Waals surface area (Å²) in [5.41, 5.74) is 1.78. The Morgan fingerprint density at radius 1 is 1.19 bits per heavy atom. The number of nitrogens with zero attached hydrogens (tertiary/aromatic N) is 3. The zero-order chi connectivity index (χ0) is 19.0. The maximum absolute atomic E-state index is 13.2. The van der Waals surface area contributed by atoms with Gasteiger partial charge in [-0.15, -0.1) is 0 Å². The number of hydrogen-bond donors (Lipinski definition) is 0. The molecule has 0 radical (unpaired) electrons. The number of rotatable bonds is 4. The molecule has 0 aliphatic carbocycles. The second-order valence-electron chi connectivity index (χ2n) is 8.20. The standard InChI is InChI=1S/C22H31N3O2/c1-23(15-17-7-6-12-25-11-5-4-8-19(17)25)22(26)21-13-16-9-10-18(27-3)14-20(16)24(21)2/h9-10,13-14,17,19H,4-8,11-12,15H2,1-3H3. The summed E-state index contributed by atoms with van der Waals surface area (Å²) in [4.78, 5) is 17.8. The molecule has 2 unspecified atom stereocenters. The minimum atomic E-state index is 0.112. The highest BCUT2D eigenvalue weighted by Crippen LogP contribution is 2.32. The Hall–Kier alpha value is -2.01. The number of carbonyl (C=O) groups excluding carboxylic acids is 1. The molecule has 2 atom stereocenters. The lowest BCUT2D eigenvalue weighted by Gasteiger charge is -2.45. The molecule has 3 heterocycles. The summed E-state index contributed by atoms with van der Waals surface area (Å²) in [6.07, 6.45) is 6.46. The topological polar surface area (TPSA) is 37.7 Å². The molecule has 2 fully saturated rings. The van der Waals surface area contributed by atoms with Gasteiger partial charge in [0.1, 0.15) is 11.4 Å². The van der Waals surface area contributed by atoms with E-state index in [0.29, 0.717) is 12.0 Å². The van der Waals surface area contributed by atoms with Crippen LogP contribution in [0.2, 0.25) is 0 Å². The number of hydrogen-bond acceptors (Lipinski definition) is 3. The Bertz CT molecular complexity index is 826. The molecule has 0 saturated carbocycles. The highest BCUT2D eigenvalue weighted by atomic mass is 16.5. The lowest BCUT2D eigenvalue weighted by molar-refractivity contribution is 0.0400. The molecule has 2 aliphatic rings. The minimum absolute atomic E-state index is 0.112. The van der Waals surface area contributed by atoms with E-state index in [0.717, 1.165) is 28.9 Å². The number of piperidine rings is 2. The van der Waals surface area contributed by atoms with Crippen LogP contribution >= 0.6 is 0 Å². The van der Waals surface area contributed by atoms with Crippen LogP contribution in [0.15, 0.2) is 24.3 Å². The number of amides is 1. The lowest BCUT2D eigenvalue weighted by Crippen LogP contribution is -2.51. The van der Waals surface area contributed by atoms with Crippen molar-refractivity contribution in [2.75, 3.05) is 33.8 Å². The van der Waals surface area contributed by atoms with Crippen molar-refractivity contribution in [1.29, 1.82) is 0 Å². The van der Waals surface area contributed by atoms with Gasteiger partial charge in [-0.1, -0.05) is 6.42 Å². The molecule has 1 aromatic carbocycles. The fourth-order valence-electron chi connectivity index (χ4n) is 5.06. The summed E-state index contributed by atoms with van der Waals surface area (Å²) in [6, 6.07) is 8.63. The number of aromatic nitrogens is 1. The van der Waals surface area contributed by atoms with Gasteiger partial charge in [0.25, 0.3) is 5.91 Å². The smallest absolute Gasteiger partial charge is 0.270 e. The molecular formula is C22H31N3O2. The van der Waals surface area contributed by atoms with Crippen LogP contribution < -0.4 is 4.74 Å². The molecule has 5 nitrogen and oxygen atoms in total. The molecule has 27 heavy (non-hydrogen) atoms. The average Bonchev–Trinajstić information content (AvgIpc) is 3.03. The first-order valence-electron chi connectivity index (χ1n) is 10.2. The van der Waals surface area contributed by atoms with Crippen molar-refractivity contribution in [1.82, 2.24) is 14.4 Å². The maximum atomic E-state index is 13.2. The fraction of sp³-hybridized carbons (Fsp3) is 0.591. The van der Waals surface area contributed by atoms with Gasteiger partial charge in [-0.05, 0) is 62.9 Å². The van der Waals surface area contributed by atoms with Gasteiger partial charge in [-0.25, -0.2) is 0 Å². The van der Waals surface area contributed by atoms with Gasteiger partial charge in [-0.3, -0.25) is 4.79 Å². The van der Waals surface area contributed by atoms with Crippen molar-refractivity contribution in [3.05, 3.63) is 30.0 Å². The van der Waals surface area contributed by atoms with Crippen molar-refractivity contribution >= 4 is 16.8 Å². The molecule has 2 aliphatic heterocycles. The number of methoxy groups -OCH3 is 1. The Morgan fingerprint density at radius 2 is 2.00 bits per heavy atom. The van der Waals surface area contributed by atoms with E-state index in [-0.39, 0.29) is 5.91 Å². The number of aryl methyl sites for hydroxylation is 1. The van der Waals surface area contributed by atoms with E-state index in [1.54, 1.807) is 7.11 Å². The van der Waals surface area contributed by atoms with Crippen molar-refractivity contribution < 1.29 is 9.53 Å². The SMILES string of the molecule is COc1ccc2cc(C(=O)N(C)CC3CCCN4CCCCC34)n(C)c2c1. The van der Waals surface area contributed by atoms with Gasteiger partial charge in [0.15, 0.2) is 0 Å². The summed E-state index contributed by atoms with van der Waals surface area (Å²) in [5, 5.41) is 1.08. The first kappa shape index (κ1) is 18.4. The van der Waals surface area contributed by atoms with Crippen LogP contribution in [0.4, 0.5) is 0 Å². The third kappa shape index (κ3) is 3.45. The zero-order valence-corrected chi connectivity index (χ0v) is 16.8. The highest BCUT2D eigenvalue weighted by Gasteiger charge is 2.34. The number of ether oxygens (including phenoxy) is 1. The average molecular weight is 370 g/mol. The van der Waals surface area contributed by atoms with Crippen LogP contribution in [0.3, 0.4) is 0 Å². The van der Waals surface area contributed by atoms with E-state index in [4.69, 9.17) is 4.74 Å². The largest absolute Gasteiger partial charge is 0.497 e. The molecule has 0 bridgehead atoms. The monoisotopic (exact) mass is 369 g/mol. The second kappa shape index (κ2) is 7.55. The molecule has 2 aromatic rings. The van der Waals surface area contributed by atoms with E-state index in [2.05, 4.69) is 4.90 Å². The van der Waals surface area contributed by atoms with E-state index < -0.39 is 0 Å². The molecule has 1 amide bonds. The zero-order valence-electron chi connectivity index (χ0n) is 16.8. The summed E-state index contributed by atoms with van der Waals surface area (Å²) >= 11 is 0. The van der Waals surface area contributed by atoms with Crippen molar-refractivity contribution in [3.63, 3.8) is 0 Å². The second-order valence-corrected chi connectivity index (χ2v) is 8.20. The van der Waals surface area contributed by atoms with Crippen molar-refractivity contribution in [2.24, 2.45) is 13.0 Å². The van der Waals surface area contributed by atoms with Gasteiger partial charge in [0, 0.05) is 38.1 Å². The van der Waals surface area contributed by atoms with Crippen molar-refractivity contribution in [2.45, 2.75) is 38.1 Å². The molecule has 0 spiro atoms. The Labute approximate surface area is 161 Å². The molecule has 0 N–H and O–H groups in total. The Morgan fingerprint density at radius 3 is 2.81 bits per heavy atom. The Balaban J connectivity index is 1.52. The highest BCUT2D eigenvalue weighted by molar-refractivity contribution is 5.98. The normalized spacial score (nSPS) is 23.2. The van der Waals surface area contributed by atoms with E-state index in [9.17, 15) is 4.79 Å². The summed E-state index contributed by atoms with van der Waals surface area (Å²) in [7, 11) is 5.59. The summed E-state index contributed by atoms with van der Waals surface area (Å²) in [5.74, 6) is 1.53. The van der Waals surface area contributed by atoms with E-state index in [1.165, 1.54) is 45.2 Å². The van der Waals surface area contributed by atoms with Crippen LogP contribution in [0.25, 0.3) is 10.9 Å². The van der Waals surface area contributed by atoms with Crippen LogP contribution in [0, 0.1) is 5.92 Å². The number of carbonyl (C=O) groups is 1. The molecular weight excluding hydrogens is 338 g/mol. The van der Waals surface area contributed by atoms with Crippen LogP contribution in [-0.4, -0.2) is 60.1 Å². The van der Waals surface area contributed by atoms with Gasteiger partial charge >= 0.3 is 0 Å². The molecule has 5 heteroatoms. The first-order chi connectivity index (χ1) is 13.1. The van der Waals surface area contributed by atoms with Crippen LogP contribution in [0.5, 0.6) is 5.75 Å². The van der Waals surface area contributed by atoms with Crippen LogP contribution in [0.1, 0.15) is 42.6 Å². The molecule has 146 valence electrons.